The maximum absolute atomic E-state index is 5.48. The van der Waals surface area contributed by atoms with Crippen LogP contribution in [0, 0.1) is 0 Å². The second-order valence-corrected chi connectivity index (χ2v) is 4.41. The van der Waals surface area contributed by atoms with Gasteiger partial charge in [-0.2, -0.15) is 0 Å². The molecule has 16 heavy (non-hydrogen) atoms. The van der Waals surface area contributed by atoms with Gasteiger partial charge in [-0.1, -0.05) is 6.92 Å². The van der Waals surface area contributed by atoms with Crippen LogP contribution < -0.4 is 5.32 Å². The predicted molar refractivity (Wildman–Crippen MR) is 64.5 cm³/mol. The molecule has 2 heterocycles. The van der Waals surface area contributed by atoms with E-state index in [4.69, 9.17) is 4.74 Å². The van der Waals surface area contributed by atoms with Crippen molar-refractivity contribution in [2.45, 2.75) is 25.2 Å². The van der Waals surface area contributed by atoms with E-state index in [1.165, 1.54) is 5.56 Å². The topological polar surface area (TPSA) is 34.2 Å². The minimum atomic E-state index is 0.247. The Morgan fingerprint density at radius 3 is 2.62 bits per heavy atom. The van der Waals surface area contributed by atoms with E-state index in [0.717, 1.165) is 39.1 Å². The predicted octanol–water partition coefficient (Wildman–Crippen LogP) is 1.74. The molecular weight excluding hydrogens is 200 g/mol. The molecule has 1 aliphatic heterocycles. The second kappa shape index (κ2) is 5.41. The van der Waals surface area contributed by atoms with Crippen LogP contribution >= 0.6 is 0 Å². The summed E-state index contributed by atoms with van der Waals surface area (Å²) in [5.74, 6) is 0. The van der Waals surface area contributed by atoms with Crippen molar-refractivity contribution in [1.29, 1.82) is 0 Å². The third-order valence-corrected chi connectivity index (χ3v) is 3.46. The van der Waals surface area contributed by atoms with Gasteiger partial charge in [-0.3, -0.25) is 4.98 Å². The highest BCUT2D eigenvalue weighted by atomic mass is 16.5. The smallest absolute Gasteiger partial charge is 0.0475 e. The van der Waals surface area contributed by atoms with Gasteiger partial charge in [0.15, 0.2) is 0 Å². The van der Waals surface area contributed by atoms with Crippen LogP contribution in [0.5, 0.6) is 0 Å². The van der Waals surface area contributed by atoms with E-state index >= 15 is 0 Å². The molecule has 0 spiro atoms. The Hall–Kier alpha value is -0.930. The minimum absolute atomic E-state index is 0.247. The van der Waals surface area contributed by atoms with Gasteiger partial charge in [0.1, 0.15) is 0 Å². The second-order valence-electron chi connectivity index (χ2n) is 4.41. The fraction of sp³-hybridized carbons (Fsp3) is 0.615. The van der Waals surface area contributed by atoms with Crippen molar-refractivity contribution >= 4 is 0 Å². The molecule has 0 radical (unpaired) electrons. The average Bonchev–Trinajstić information content (AvgIpc) is 2.38. The Kier molecular flexibility index (Phi) is 3.91. The van der Waals surface area contributed by atoms with Crippen LogP contribution in [0.3, 0.4) is 0 Å². The number of aromatic nitrogens is 1. The maximum atomic E-state index is 5.48. The molecule has 3 heteroatoms. The molecule has 0 aliphatic carbocycles. The number of nitrogens with one attached hydrogen (secondary N) is 1. The first-order valence-corrected chi connectivity index (χ1v) is 6.06. The Morgan fingerprint density at radius 1 is 1.31 bits per heavy atom. The molecular formula is C13H20N2O. The molecule has 1 aliphatic rings. The van der Waals surface area contributed by atoms with Gasteiger partial charge in [0.25, 0.3) is 0 Å². The van der Waals surface area contributed by atoms with Crippen molar-refractivity contribution in [2.24, 2.45) is 0 Å². The van der Waals surface area contributed by atoms with Gasteiger partial charge < -0.3 is 10.1 Å². The van der Waals surface area contributed by atoms with E-state index in [-0.39, 0.29) is 5.41 Å². The number of ether oxygens (including phenoxy) is 1. The summed E-state index contributed by atoms with van der Waals surface area (Å²) >= 11 is 0. The van der Waals surface area contributed by atoms with Crippen LogP contribution in [-0.2, 0) is 10.2 Å². The third kappa shape index (κ3) is 2.42. The normalized spacial score (nSPS) is 19.6. The summed E-state index contributed by atoms with van der Waals surface area (Å²) in [6.45, 7) is 5.95. The van der Waals surface area contributed by atoms with Gasteiger partial charge in [0.05, 0.1) is 0 Å². The van der Waals surface area contributed by atoms with E-state index in [1.807, 2.05) is 12.4 Å². The fourth-order valence-corrected chi connectivity index (χ4v) is 2.40. The minimum Gasteiger partial charge on any atom is -0.381 e. The van der Waals surface area contributed by atoms with E-state index in [2.05, 4.69) is 29.4 Å². The van der Waals surface area contributed by atoms with E-state index in [0.29, 0.717) is 0 Å². The summed E-state index contributed by atoms with van der Waals surface area (Å²) in [5, 5.41) is 3.48. The number of hydrogen-bond donors (Lipinski definition) is 1. The molecule has 0 aromatic carbocycles. The lowest BCUT2D eigenvalue weighted by Gasteiger charge is -2.37. The summed E-state index contributed by atoms with van der Waals surface area (Å²) in [7, 11) is 0. The van der Waals surface area contributed by atoms with Crippen molar-refractivity contribution in [3.8, 4) is 0 Å². The zero-order chi connectivity index (χ0) is 11.3. The summed E-state index contributed by atoms with van der Waals surface area (Å²) in [5.41, 5.74) is 1.64. The third-order valence-electron chi connectivity index (χ3n) is 3.46. The van der Waals surface area contributed by atoms with Gasteiger partial charge in [0.2, 0.25) is 0 Å². The summed E-state index contributed by atoms with van der Waals surface area (Å²) in [6.07, 6.45) is 5.98. The van der Waals surface area contributed by atoms with E-state index < -0.39 is 0 Å². The molecule has 1 saturated heterocycles. The highest BCUT2D eigenvalue weighted by molar-refractivity contribution is 5.24. The monoisotopic (exact) mass is 220 g/mol. The van der Waals surface area contributed by atoms with Crippen molar-refractivity contribution in [3.63, 3.8) is 0 Å². The van der Waals surface area contributed by atoms with E-state index in [1.54, 1.807) is 0 Å². The molecule has 0 atom stereocenters. The van der Waals surface area contributed by atoms with Crippen LogP contribution in [0.2, 0.25) is 0 Å². The molecule has 1 fully saturated rings. The van der Waals surface area contributed by atoms with Crippen molar-refractivity contribution in [1.82, 2.24) is 10.3 Å². The van der Waals surface area contributed by atoms with Crippen molar-refractivity contribution in [3.05, 3.63) is 30.1 Å². The quantitative estimate of drug-likeness (QED) is 0.839. The Bertz CT molecular complexity index is 307. The SMILES string of the molecule is CCNCC1(c2ccncc2)CCOCC1. The lowest BCUT2D eigenvalue weighted by Crippen LogP contribution is -2.42. The highest BCUT2D eigenvalue weighted by Crippen LogP contribution is 2.33. The molecule has 2 rings (SSSR count). The number of likely N-dealkylation sites (N-methyl/N-ethyl adjacent to an activating group) is 1. The van der Waals surface area contributed by atoms with Crippen LogP contribution in [0.1, 0.15) is 25.3 Å². The van der Waals surface area contributed by atoms with E-state index in [9.17, 15) is 0 Å². The van der Waals surface area contributed by atoms with Crippen molar-refractivity contribution < 1.29 is 4.74 Å². The molecule has 1 aromatic rings. The van der Waals surface area contributed by atoms with Gasteiger partial charge in [-0.15, -0.1) is 0 Å². The van der Waals surface area contributed by atoms with Crippen molar-refractivity contribution in [2.75, 3.05) is 26.3 Å². The lowest BCUT2D eigenvalue weighted by molar-refractivity contribution is 0.0500. The summed E-state index contributed by atoms with van der Waals surface area (Å²) in [6, 6.07) is 4.28. The zero-order valence-corrected chi connectivity index (χ0v) is 9.91. The summed E-state index contributed by atoms with van der Waals surface area (Å²) in [4.78, 5) is 4.10. The average molecular weight is 220 g/mol. The van der Waals surface area contributed by atoms with Gasteiger partial charge >= 0.3 is 0 Å². The van der Waals surface area contributed by atoms with Crippen LogP contribution in [-0.4, -0.2) is 31.3 Å². The standard InChI is InChI=1S/C13H20N2O/c1-2-14-11-13(5-9-16-10-6-13)12-3-7-15-8-4-12/h3-4,7-8,14H,2,5-6,9-11H2,1H3. The molecule has 1 aromatic heterocycles. The Balaban J connectivity index is 2.19. The first kappa shape index (κ1) is 11.6. The molecule has 0 amide bonds. The lowest BCUT2D eigenvalue weighted by atomic mass is 9.74. The molecule has 0 unspecified atom stereocenters. The van der Waals surface area contributed by atoms with Gasteiger partial charge in [-0.05, 0) is 37.1 Å². The number of nitrogens with zero attached hydrogens (tertiary/aromatic N) is 1. The largest absolute Gasteiger partial charge is 0.381 e. The first-order chi connectivity index (χ1) is 7.87. The fourth-order valence-electron chi connectivity index (χ4n) is 2.40. The molecule has 0 bridgehead atoms. The van der Waals surface area contributed by atoms with Gasteiger partial charge in [0, 0.05) is 37.6 Å². The van der Waals surface area contributed by atoms with Crippen LogP contribution in [0.15, 0.2) is 24.5 Å². The highest BCUT2D eigenvalue weighted by Gasteiger charge is 2.33. The molecule has 88 valence electrons. The Labute approximate surface area is 97.2 Å². The summed E-state index contributed by atoms with van der Waals surface area (Å²) < 4.78 is 5.48. The van der Waals surface area contributed by atoms with Crippen LogP contribution in [0.25, 0.3) is 0 Å². The number of hydrogen-bond acceptors (Lipinski definition) is 3. The number of pyridine rings is 1. The van der Waals surface area contributed by atoms with Crippen LogP contribution in [0.4, 0.5) is 0 Å². The van der Waals surface area contributed by atoms with Gasteiger partial charge in [-0.25, -0.2) is 0 Å². The zero-order valence-electron chi connectivity index (χ0n) is 9.91. The number of rotatable bonds is 4. The Morgan fingerprint density at radius 2 is 2.00 bits per heavy atom. The molecule has 3 nitrogen and oxygen atoms in total. The maximum Gasteiger partial charge on any atom is 0.0475 e. The first-order valence-electron chi connectivity index (χ1n) is 6.06. The molecule has 1 N–H and O–H groups in total. The molecule has 0 saturated carbocycles.